The second kappa shape index (κ2) is 5.21. The molecular formula is C16H11BrFNO. The molecule has 20 heavy (non-hydrogen) atoms. The molecule has 0 aliphatic carbocycles. The van der Waals surface area contributed by atoms with Crippen LogP contribution in [0.4, 0.5) is 4.39 Å². The van der Waals surface area contributed by atoms with E-state index in [1.807, 2.05) is 35.0 Å². The third-order valence-corrected chi connectivity index (χ3v) is 3.82. The third-order valence-electron chi connectivity index (χ3n) is 3.33. The number of fused-ring (bicyclic) bond motifs is 1. The maximum atomic E-state index is 13.9. The smallest absolute Gasteiger partial charge is 0.150 e. The fourth-order valence-electron chi connectivity index (χ4n) is 2.32. The van der Waals surface area contributed by atoms with Gasteiger partial charge in [0.15, 0.2) is 6.29 Å². The van der Waals surface area contributed by atoms with Crippen LogP contribution in [0.15, 0.2) is 53.1 Å². The van der Waals surface area contributed by atoms with Crippen LogP contribution in [0.25, 0.3) is 10.9 Å². The van der Waals surface area contributed by atoms with Crippen molar-refractivity contribution >= 4 is 33.1 Å². The van der Waals surface area contributed by atoms with E-state index in [4.69, 9.17) is 0 Å². The average Bonchev–Trinajstić information content (AvgIpc) is 2.85. The minimum atomic E-state index is -0.243. The zero-order chi connectivity index (χ0) is 14.1. The molecule has 2 nitrogen and oxygen atoms in total. The number of benzene rings is 2. The molecule has 0 bridgehead atoms. The van der Waals surface area contributed by atoms with Crippen molar-refractivity contribution in [1.82, 2.24) is 4.57 Å². The first-order valence-corrected chi connectivity index (χ1v) is 6.95. The second-order valence-electron chi connectivity index (χ2n) is 4.58. The van der Waals surface area contributed by atoms with E-state index in [1.165, 1.54) is 6.07 Å². The highest BCUT2D eigenvalue weighted by Gasteiger charge is 2.08. The molecule has 0 saturated heterocycles. The average molecular weight is 332 g/mol. The van der Waals surface area contributed by atoms with Gasteiger partial charge < -0.3 is 4.57 Å². The van der Waals surface area contributed by atoms with Crippen LogP contribution in [0.1, 0.15) is 15.9 Å². The van der Waals surface area contributed by atoms with Crippen molar-refractivity contribution in [2.45, 2.75) is 6.54 Å². The highest BCUT2D eigenvalue weighted by atomic mass is 79.9. The highest BCUT2D eigenvalue weighted by molar-refractivity contribution is 9.10. The van der Waals surface area contributed by atoms with E-state index in [1.54, 1.807) is 12.1 Å². The molecule has 0 aliphatic rings. The number of rotatable bonds is 3. The Labute approximate surface area is 124 Å². The molecule has 2 aromatic carbocycles. The van der Waals surface area contributed by atoms with Crippen LogP contribution >= 0.6 is 15.9 Å². The lowest BCUT2D eigenvalue weighted by atomic mass is 10.1. The van der Waals surface area contributed by atoms with Crippen LogP contribution in [0.2, 0.25) is 0 Å². The molecule has 100 valence electrons. The summed E-state index contributed by atoms with van der Waals surface area (Å²) in [4.78, 5) is 11.0. The fourth-order valence-corrected chi connectivity index (χ4v) is 2.65. The van der Waals surface area contributed by atoms with Gasteiger partial charge in [-0.05, 0) is 24.3 Å². The molecule has 0 amide bonds. The predicted octanol–water partition coefficient (Wildman–Crippen LogP) is 4.40. The second-order valence-corrected chi connectivity index (χ2v) is 5.49. The van der Waals surface area contributed by atoms with Gasteiger partial charge in [0, 0.05) is 32.7 Å². The third kappa shape index (κ3) is 2.27. The van der Waals surface area contributed by atoms with E-state index in [9.17, 15) is 9.18 Å². The summed E-state index contributed by atoms with van der Waals surface area (Å²) >= 11 is 3.25. The van der Waals surface area contributed by atoms with Gasteiger partial charge in [0.05, 0.1) is 6.54 Å². The molecule has 0 atom stereocenters. The van der Waals surface area contributed by atoms with Crippen molar-refractivity contribution in [3.8, 4) is 0 Å². The number of carbonyl (C=O) groups excluding carboxylic acids is 1. The Kier molecular flexibility index (Phi) is 3.40. The number of nitrogens with zero attached hydrogens (tertiary/aromatic N) is 1. The molecule has 3 rings (SSSR count). The van der Waals surface area contributed by atoms with E-state index in [-0.39, 0.29) is 5.82 Å². The lowest BCUT2D eigenvalue weighted by Crippen LogP contribution is -2.00. The minimum absolute atomic E-state index is 0.243. The van der Waals surface area contributed by atoms with Gasteiger partial charge in [-0.3, -0.25) is 4.79 Å². The topological polar surface area (TPSA) is 22.0 Å². The predicted molar refractivity (Wildman–Crippen MR) is 80.5 cm³/mol. The zero-order valence-electron chi connectivity index (χ0n) is 10.5. The molecule has 3 aromatic rings. The van der Waals surface area contributed by atoms with Gasteiger partial charge in [-0.25, -0.2) is 4.39 Å². The quantitative estimate of drug-likeness (QED) is 0.652. The summed E-state index contributed by atoms with van der Waals surface area (Å²) in [6.07, 6.45) is 2.71. The molecular weight excluding hydrogens is 321 g/mol. The van der Waals surface area contributed by atoms with E-state index >= 15 is 0 Å². The molecule has 0 radical (unpaired) electrons. The van der Waals surface area contributed by atoms with Crippen LogP contribution in [0.3, 0.4) is 0 Å². The maximum Gasteiger partial charge on any atom is 0.150 e. The van der Waals surface area contributed by atoms with Crippen LogP contribution in [-0.2, 0) is 6.54 Å². The van der Waals surface area contributed by atoms with Crippen molar-refractivity contribution in [1.29, 1.82) is 0 Å². The fraction of sp³-hybridized carbons (Fsp3) is 0.0625. The summed E-state index contributed by atoms with van der Waals surface area (Å²) in [6, 6.07) is 12.5. The Hall–Kier alpha value is -1.94. The summed E-state index contributed by atoms with van der Waals surface area (Å²) in [7, 11) is 0. The zero-order valence-corrected chi connectivity index (χ0v) is 12.1. The molecule has 0 unspecified atom stereocenters. The summed E-state index contributed by atoms with van der Waals surface area (Å²) in [5.41, 5.74) is 2.19. The molecule has 1 heterocycles. The first kappa shape index (κ1) is 13.1. The van der Waals surface area contributed by atoms with Gasteiger partial charge >= 0.3 is 0 Å². The van der Waals surface area contributed by atoms with E-state index in [0.29, 0.717) is 17.7 Å². The van der Waals surface area contributed by atoms with Crippen molar-refractivity contribution in [3.63, 3.8) is 0 Å². The minimum Gasteiger partial charge on any atom is -0.343 e. The Bertz CT molecular complexity index is 794. The monoisotopic (exact) mass is 331 g/mol. The molecule has 0 fully saturated rings. The van der Waals surface area contributed by atoms with Gasteiger partial charge in [0.25, 0.3) is 0 Å². The molecule has 0 spiro atoms. The Morgan fingerprint density at radius 2 is 2.05 bits per heavy atom. The first-order valence-electron chi connectivity index (χ1n) is 6.16. The summed E-state index contributed by atoms with van der Waals surface area (Å²) in [5.74, 6) is -0.243. The summed E-state index contributed by atoms with van der Waals surface area (Å²) < 4.78 is 16.5. The number of halogens is 2. The first-order chi connectivity index (χ1) is 9.69. The van der Waals surface area contributed by atoms with Crippen LogP contribution in [0, 0.1) is 5.82 Å². The summed E-state index contributed by atoms with van der Waals surface area (Å²) in [6.45, 7) is 0.435. The Balaban J connectivity index is 2.05. The van der Waals surface area contributed by atoms with Gasteiger partial charge in [0.1, 0.15) is 5.82 Å². The lowest BCUT2D eigenvalue weighted by molar-refractivity contribution is 0.112. The maximum absolute atomic E-state index is 13.9. The number of aromatic nitrogens is 1. The lowest BCUT2D eigenvalue weighted by Gasteiger charge is -2.07. The van der Waals surface area contributed by atoms with Crippen LogP contribution in [-0.4, -0.2) is 10.9 Å². The van der Waals surface area contributed by atoms with Gasteiger partial charge in [-0.1, -0.05) is 34.1 Å². The van der Waals surface area contributed by atoms with Crippen molar-refractivity contribution in [2.24, 2.45) is 0 Å². The molecule has 4 heteroatoms. The van der Waals surface area contributed by atoms with E-state index in [2.05, 4.69) is 15.9 Å². The molecule has 0 aliphatic heterocycles. The normalized spacial score (nSPS) is 10.9. The van der Waals surface area contributed by atoms with Gasteiger partial charge in [-0.15, -0.1) is 0 Å². The van der Waals surface area contributed by atoms with E-state index in [0.717, 1.165) is 21.7 Å². The molecule has 0 saturated carbocycles. The number of carbonyl (C=O) groups is 1. The molecule has 1 aromatic heterocycles. The SMILES string of the molecule is O=Cc1cccc2c1ccn2Cc1ccc(Br)cc1F. The number of aldehydes is 1. The number of hydrogen-bond donors (Lipinski definition) is 0. The number of hydrogen-bond acceptors (Lipinski definition) is 1. The van der Waals surface area contributed by atoms with Crippen molar-refractivity contribution < 1.29 is 9.18 Å². The van der Waals surface area contributed by atoms with Crippen molar-refractivity contribution in [2.75, 3.05) is 0 Å². The van der Waals surface area contributed by atoms with E-state index < -0.39 is 0 Å². The Morgan fingerprint density at radius 3 is 2.80 bits per heavy atom. The van der Waals surface area contributed by atoms with Gasteiger partial charge in [-0.2, -0.15) is 0 Å². The van der Waals surface area contributed by atoms with Crippen LogP contribution < -0.4 is 0 Å². The van der Waals surface area contributed by atoms with Gasteiger partial charge in [0.2, 0.25) is 0 Å². The summed E-state index contributed by atoms with van der Waals surface area (Å²) in [5, 5.41) is 0.889. The Morgan fingerprint density at radius 1 is 1.20 bits per heavy atom. The largest absolute Gasteiger partial charge is 0.343 e. The van der Waals surface area contributed by atoms with Crippen molar-refractivity contribution in [3.05, 3.63) is 70.1 Å². The van der Waals surface area contributed by atoms with Crippen LogP contribution in [0.5, 0.6) is 0 Å². The highest BCUT2D eigenvalue weighted by Crippen LogP contribution is 2.22. The standard InChI is InChI=1S/C16H11BrFNO/c17-13-5-4-11(15(18)8-13)9-19-7-6-14-12(10-20)2-1-3-16(14)19/h1-8,10H,9H2. The molecule has 0 N–H and O–H groups in total.